The van der Waals surface area contributed by atoms with Crippen LogP contribution in [0.25, 0.3) is 0 Å². The lowest BCUT2D eigenvalue weighted by Gasteiger charge is -2.20. The van der Waals surface area contributed by atoms with Crippen molar-refractivity contribution in [2.24, 2.45) is 0 Å². The number of esters is 2. The summed E-state index contributed by atoms with van der Waals surface area (Å²) in [7, 11) is 1.30. The fraction of sp³-hybridized carbons (Fsp3) is 0.294. The zero-order valence-electron chi connectivity index (χ0n) is 13.2. The van der Waals surface area contributed by atoms with Crippen LogP contribution in [0.1, 0.15) is 31.9 Å². The number of methoxy groups -OCH3 is 1. The summed E-state index contributed by atoms with van der Waals surface area (Å²) in [6.07, 6.45) is 1.22. The summed E-state index contributed by atoms with van der Waals surface area (Å²) in [6.45, 7) is 3.50. The molecule has 0 aliphatic carbocycles. The van der Waals surface area contributed by atoms with Gasteiger partial charge in [0.15, 0.2) is 0 Å². The minimum atomic E-state index is -0.501. The molecule has 1 aromatic rings. The largest absolute Gasteiger partial charge is 0.466 e. The van der Waals surface area contributed by atoms with E-state index in [2.05, 4.69) is 5.32 Å². The maximum absolute atomic E-state index is 12.3. The second-order valence-corrected chi connectivity index (χ2v) is 5.56. The fourth-order valence-electron chi connectivity index (χ4n) is 2.24. The number of hydrogen-bond donors (Lipinski definition) is 1. The van der Waals surface area contributed by atoms with E-state index in [1.54, 1.807) is 32.2 Å². The summed E-state index contributed by atoms with van der Waals surface area (Å²) in [5, 5.41) is 3.43. The molecule has 5 nitrogen and oxygen atoms in total. The lowest BCUT2D eigenvalue weighted by molar-refractivity contribution is -0.144. The summed E-state index contributed by atoms with van der Waals surface area (Å²) in [4.78, 5) is 24.0. The average Bonchev–Trinajstić information content (AvgIpc) is 2.54. The zero-order valence-corrected chi connectivity index (χ0v) is 13.9. The number of carbonyl (C=O) groups excluding carboxylic acids is 2. The molecule has 0 fully saturated rings. The molecule has 0 radical (unpaired) electrons. The first-order valence-corrected chi connectivity index (χ1v) is 7.51. The van der Waals surface area contributed by atoms with Crippen LogP contribution in [0.4, 0.5) is 0 Å². The maximum Gasteiger partial charge on any atom is 0.336 e. The van der Waals surface area contributed by atoms with Gasteiger partial charge < -0.3 is 14.8 Å². The van der Waals surface area contributed by atoms with E-state index in [0.717, 1.165) is 5.56 Å². The van der Waals surface area contributed by atoms with Crippen LogP contribution < -0.4 is 5.32 Å². The van der Waals surface area contributed by atoms with Gasteiger partial charge in [-0.1, -0.05) is 29.8 Å². The highest BCUT2D eigenvalue weighted by atomic mass is 35.5. The van der Waals surface area contributed by atoms with Crippen LogP contribution in [-0.2, 0) is 19.1 Å². The van der Waals surface area contributed by atoms with Gasteiger partial charge in [0.25, 0.3) is 0 Å². The first-order chi connectivity index (χ1) is 10.9. The second-order valence-electron chi connectivity index (χ2n) is 5.15. The minimum Gasteiger partial charge on any atom is -0.466 e. The molecule has 0 saturated heterocycles. The third-order valence-electron chi connectivity index (χ3n) is 3.60. The first-order valence-electron chi connectivity index (χ1n) is 7.13. The number of ether oxygens (including phenoxy) is 2. The molecule has 23 heavy (non-hydrogen) atoms. The number of dihydropyridines is 1. The van der Waals surface area contributed by atoms with E-state index in [1.165, 1.54) is 7.11 Å². The second kappa shape index (κ2) is 7.33. The van der Waals surface area contributed by atoms with E-state index in [-0.39, 0.29) is 6.42 Å². The Morgan fingerprint density at radius 1 is 1.26 bits per heavy atom. The fourth-order valence-corrected chi connectivity index (χ4v) is 2.53. The molecule has 0 spiro atoms. The van der Waals surface area contributed by atoms with Crippen molar-refractivity contribution in [3.8, 4) is 0 Å². The molecule has 1 aliphatic heterocycles. The zero-order chi connectivity index (χ0) is 17.0. The van der Waals surface area contributed by atoms with Crippen molar-refractivity contribution in [2.45, 2.75) is 26.4 Å². The summed E-state index contributed by atoms with van der Waals surface area (Å²) in [5.41, 5.74) is 2.15. The minimum absolute atomic E-state index is 0.166. The molecule has 1 unspecified atom stereocenters. The van der Waals surface area contributed by atoms with Crippen LogP contribution in [0.5, 0.6) is 0 Å². The van der Waals surface area contributed by atoms with E-state index < -0.39 is 18.0 Å². The highest BCUT2D eigenvalue weighted by molar-refractivity contribution is 6.31. The van der Waals surface area contributed by atoms with E-state index in [4.69, 9.17) is 21.1 Å². The lowest BCUT2D eigenvalue weighted by atomic mass is 10.0. The van der Waals surface area contributed by atoms with E-state index >= 15 is 0 Å². The normalized spacial score (nSPS) is 15.4. The predicted molar refractivity (Wildman–Crippen MR) is 86.5 cm³/mol. The molecule has 6 heteroatoms. The Morgan fingerprint density at radius 3 is 2.61 bits per heavy atom. The molecule has 1 N–H and O–H groups in total. The van der Waals surface area contributed by atoms with Gasteiger partial charge >= 0.3 is 11.9 Å². The van der Waals surface area contributed by atoms with Gasteiger partial charge in [0.1, 0.15) is 6.10 Å². The van der Waals surface area contributed by atoms with Crippen LogP contribution >= 0.6 is 11.6 Å². The van der Waals surface area contributed by atoms with Crippen molar-refractivity contribution in [3.05, 3.63) is 57.9 Å². The van der Waals surface area contributed by atoms with E-state index in [0.29, 0.717) is 21.9 Å². The molecule has 1 atom stereocenters. The van der Waals surface area contributed by atoms with Gasteiger partial charge in [-0.25, -0.2) is 9.59 Å². The standard InChI is InChI=1S/C17H18ClNO4/c1-10-14(17(21)22-3)8-12(9-19-10)16(20)23-11(2)13-6-4-5-7-15(13)18/h4-7,9,11,19H,8H2,1-3H3. The van der Waals surface area contributed by atoms with Gasteiger partial charge in [0.2, 0.25) is 0 Å². The lowest BCUT2D eigenvalue weighted by Crippen LogP contribution is -2.23. The molecule has 0 aromatic heterocycles. The van der Waals surface area contributed by atoms with Gasteiger partial charge in [-0.2, -0.15) is 0 Å². The number of hydrogen-bond acceptors (Lipinski definition) is 5. The number of carbonyl (C=O) groups is 2. The number of benzene rings is 1. The molecule has 0 bridgehead atoms. The van der Waals surface area contributed by atoms with Crippen LogP contribution in [0.2, 0.25) is 5.02 Å². The monoisotopic (exact) mass is 335 g/mol. The van der Waals surface area contributed by atoms with Crippen molar-refractivity contribution in [1.29, 1.82) is 0 Å². The maximum atomic E-state index is 12.3. The summed E-state index contributed by atoms with van der Waals surface area (Å²) >= 11 is 6.10. The molecular formula is C17H18ClNO4. The van der Waals surface area contributed by atoms with Crippen molar-refractivity contribution in [1.82, 2.24) is 5.32 Å². The highest BCUT2D eigenvalue weighted by Gasteiger charge is 2.25. The SMILES string of the molecule is COC(=O)C1=C(C)NC=C(C(=O)OC(C)c2ccccc2Cl)C1. The predicted octanol–water partition coefficient (Wildman–Crippen LogP) is 3.27. The average molecular weight is 336 g/mol. The van der Waals surface area contributed by atoms with Gasteiger partial charge in [-0.05, 0) is 19.9 Å². The molecule has 1 heterocycles. The summed E-state index contributed by atoms with van der Waals surface area (Å²) in [6, 6.07) is 7.18. The number of halogens is 1. The van der Waals surface area contributed by atoms with Crippen LogP contribution in [0, 0.1) is 0 Å². The van der Waals surface area contributed by atoms with Crippen LogP contribution in [0.3, 0.4) is 0 Å². The Morgan fingerprint density at radius 2 is 1.96 bits per heavy atom. The van der Waals surface area contributed by atoms with Gasteiger partial charge in [0.05, 0.1) is 18.3 Å². The first kappa shape index (κ1) is 17.1. The summed E-state index contributed by atoms with van der Waals surface area (Å²) in [5.74, 6) is -0.966. The number of nitrogens with one attached hydrogen (secondary N) is 1. The Labute approximate surface area is 139 Å². The molecule has 122 valence electrons. The van der Waals surface area contributed by atoms with Crippen LogP contribution in [0.15, 0.2) is 47.3 Å². The molecular weight excluding hydrogens is 318 g/mol. The third-order valence-corrected chi connectivity index (χ3v) is 3.95. The molecule has 1 aromatic carbocycles. The van der Waals surface area contributed by atoms with E-state index in [9.17, 15) is 9.59 Å². The van der Waals surface area contributed by atoms with Crippen molar-refractivity contribution in [3.63, 3.8) is 0 Å². The Kier molecular flexibility index (Phi) is 5.45. The molecule has 1 aliphatic rings. The Balaban J connectivity index is 2.07. The number of rotatable bonds is 4. The Hall–Kier alpha value is -2.27. The van der Waals surface area contributed by atoms with E-state index in [1.807, 2.05) is 12.1 Å². The van der Waals surface area contributed by atoms with Gasteiger partial charge in [0, 0.05) is 28.9 Å². The van der Waals surface area contributed by atoms with Gasteiger partial charge in [-0.15, -0.1) is 0 Å². The van der Waals surface area contributed by atoms with Crippen molar-refractivity contribution in [2.75, 3.05) is 7.11 Å². The van der Waals surface area contributed by atoms with Crippen LogP contribution in [-0.4, -0.2) is 19.0 Å². The number of allylic oxidation sites excluding steroid dienone is 1. The third kappa shape index (κ3) is 3.93. The Bertz CT molecular complexity index is 694. The molecule has 2 rings (SSSR count). The topological polar surface area (TPSA) is 64.6 Å². The quantitative estimate of drug-likeness (QED) is 0.855. The molecule has 0 amide bonds. The van der Waals surface area contributed by atoms with Crippen molar-refractivity contribution < 1.29 is 19.1 Å². The summed E-state index contributed by atoms with van der Waals surface area (Å²) < 4.78 is 10.2. The van der Waals surface area contributed by atoms with Gasteiger partial charge in [-0.3, -0.25) is 0 Å². The smallest absolute Gasteiger partial charge is 0.336 e. The molecule has 0 saturated carbocycles. The van der Waals surface area contributed by atoms with Crippen molar-refractivity contribution >= 4 is 23.5 Å². The highest BCUT2D eigenvalue weighted by Crippen LogP contribution is 2.27.